The molecule has 0 atom stereocenters. The number of hydrogen-bond acceptors (Lipinski definition) is 5. The molecule has 3 rings (SSSR count). The van der Waals surface area contributed by atoms with Crippen molar-refractivity contribution in [2.45, 2.75) is 24.7 Å². The number of hydrogen-bond donors (Lipinski definition) is 0. The molecule has 1 aromatic rings. The second-order valence-electron chi connectivity index (χ2n) is 6.04. The van der Waals surface area contributed by atoms with Crippen molar-refractivity contribution in [3.05, 3.63) is 18.3 Å². The van der Waals surface area contributed by atoms with Crippen molar-refractivity contribution in [1.29, 1.82) is 0 Å². The van der Waals surface area contributed by atoms with E-state index in [2.05, 4.69) is 16.8 Å². The van der Waals surface area contributed by atoms with E-state index in [9.17, 15) is 8.42 Å². The molecule has 0 saturated carbocycles. The van der Waals surface area contributed by atoms with Crippen LogP contribution in [0.3, 0.4) is 0 Å². The van der Waals surface area contributed by atoms with Gasteiger partial charge in [-0.05, 0) is 30.9 Å². The average Bonchev–Trinajstić information content (AvgIpc) is 2.56. The van der Waals surface area contributed by atoms with E-state index in [4.69, 9.17) is 4.74 Å². The maximum absolute atomic E-state index is 12.5. The molecular weight excluding hydrogens is 302 g/mol. The van der Waals surface area contributed by atoms with Crippen molar-refractivity contribution in [3.8, 4) is 0 Å². The van der Waals surface area contributed by atoms with Crippen molar-refractivity contribution < 1.29 is 13.2 Å². The predicted octanol–water partition coefficient (Wildman–Crippen LogP) is 1.34. The molecule has 0 aliphatic carbocycles. The molecular formula is C15H23N3O3S. The van der Waals surface area contributed by atoms with Gasteiger partial charge in [0.2, 0.25) is 10.0 Å². The second-order valence-corrected chi connectivity index (χ2v) is 7.98. The molecule has 3 heterocycles. The van der Waals surface area contributed by atoms with Crippen molar-refractivity contribution in [2.75, 3.05) is 44.3 Å². The third-order valence-corrected chi connectivity index (χ3v) is 6.32. The zero-order chi connectivity index (χ0) is 15.6. The lowest BCUT2D eigenvalue weighted by Crippen LogP contribution is -2.40. The minimum Gasteiger partial charge on any atom is -0.379 e. The molecule has 0 amide bonds. The molecule has 1 aromatic heterocycles. The van der Waals surface area contributed by atoms with Crippen molar-refractivity contribution in [1.82, 2.24) is 9.29 Å². The normalized spacial score (nSPS) is 22.0. The number of rotatable bonds is 3. The number of nitrogens with zero attached hydrogens (tertiary/aromatic N) is 3. The van der Waals surface area contributed by atoms with Crippen LogP contribution in [-0.2, 0) is 14.8 Å². The summed E-state index contributed by atoms with van der Waals surface area (Å²) in [5.74, 6) is 1.63. The molecule has 7 heteroatoms. The molecule has 0 aromatic carbocycles. The summed E-state index contributed by atoms with van der Waals surface area (Å²) < 4.78 is 31.7. The van der Waals surface area contributed by atoms with Gasteiger partial charge in [-0.3, -0.25) is 0 Å². The molecule has 2 aliphatic rings. The van der Waals surface area contributed by atoms with Crippen LogP contribution >= 0.6 is 0 Å². The fourth-order valence-corrected chi connectivity index (χ4v) is 4.24. The Hall–Kier alpha value is -1.18. The number of piperidine rings is 1. The summed E-state index contributed by atoms with van der Waals surface area (Å²) in [6.45, 7) is 5.98. The molecule has 0 N–H and O–H groups in total. The highest BCUT2D eigenvalue weighted by Crippen LogP contribution is 2.23. The third kappa shape index (κ3) is 3.26. The van der Waals surface area contributed by atoms with E-state index in [0.29, 0.717) is 26.3 Å². The van der Waals surface area contributed by atoms with Gasteiger partial charge in [-0.25, -0.2) is 13.4 Å². The zero-order valence-corrected chi connectivity index (χ0v) is 13.8. The molecule has 0 unspecified atom stereocenters. The maximum atomic E-state index is 12.5. The highest BCUT2D eigenvalue weighted by Gasteiger charge is 2.27. The summed E-state index contributed by atoms with van der Waals surface area (Å²) in [7, 11) is -3.45. The van der Waals surface area contributed by atoms with Crippen LogP contribution in [0.25, 0.3) is 0 Å². The molecule has 0 spiro atoms. The second kappa shape index (κ2) is 6.52. The molecule has 0 radical (unpaired) electrons. The van der Waals surface area contributed by atoms with Crippen LogP contribution < -0.4 is 4.90 Å². The van der Waals surface area contributed by atoms with Crippen LogP contribution in [0.4, 0.5) is 5.82 Å². The smallest absolute Gasteiger partial charge is 0.244 e. The Bertz CT molecular complexity index is 589. The molecule has 0 bridgehead atoms. The maximum Gasteiger partial charge on any atom is 0.244 e. The van der Waals surface area contributed by atoms with Gasteiger partial charge in [0.1, 0.15) is 10.7 Å². The van der Waals surface area contributed by atoms with Crippen LogP contribution in [0.5, 0.6) is 0 Å². The Morgan fingerprint density at radius 2 is 1.82 bits per heavy atom. The highest BCUT2D eigenvalue weighted by molar-refractivity contribution is 7.89. The molecule has 2 fully saturated rings. The van der Waals surface area contributed by atoms with Gasteiger partial charge in [0, 0.05) is 32.4 Å². The summed E-state index contributed by atoms with van der Waals surface area (Å²) in [5.41, 5.74) is 0. The first-order valence-corrected chi connectivity index (χ1v) is 9.30. The predicted molar refractivity (Wildman–Crippen MR) is 84.4 cm³/mol. The summed E-state index contributed by atoms with van der Waals surface area (Å²) in [5, 5.41) is 0. The van der Waals surface area contributed by atoms with Gasteiger partial charge in [0.15, 0.2) is 0 Å². The minimum absolute atomic E-state index is 0.267. The summed E-state index contributed by atoms with van der Waals surface area (Å²) in [4.78, 5) is 6.87. The lowest BCUT2D eigenvalue weighted by Gasteiger charge is -2.31. The van der Waals surface area contributed by atoms with E-state index in [1.807, 2.05) is 6.07 Å². The van der Waals surface area contributed by atoms with E-state index in [0.717, 1.165) is 37.7 Å². The van der Waals surface area contributed by atoms with Crippen LogP contribution in [0.2, 0.25) is 0 Å². The number of pyridine rings is 1. The number of anilines is 1. The summed E-state index contributed by atoms with van der Waals surface area (Å²) in [6, 6.07) is 3.49. The highest BCUT2D eigenvalue weighted by atomic mass is 32.2. The topological polar surface area (TPSA) is 62.7 Å². The van der Waals surface area contributed by atoms with E-state index in [1.54, 1.807) is 6.07 Å². The molecule has 2 saturated heterocycles. The number of ether oxygens (including phenoxy) is 1. The quantitative estimate of drug-likeness (QED) is 0.839. The van der Waals surface area contributed by atoms with Crippen molar-refractivity contribution in [3.63, 3.8) is 0 Å². The Labute approximate surface area is 132 Å². The molecule has 2 aliphatic heterocycles. The minimum atomic E-state index is -3.45. The van der Waals surface area contributed by atoms with Gasteiger partial charge in [0.25, 0.3) is 0 Å². The number of sulfonamides is 1. The average molecular weight is 325 g/mol. The Morgan fingerprint density at radius 1 is 1.14 bits per heavy atom. The molecule has 22 heavy (non-hydrogen) atoms. The fourth-order valence-electron chi connectivity index (χ4n) is 2.89. The molecule has 6 nitrogen and oxygen atoms in total. The zero-order valence-electron chi connectivity index (χ0n) is 12.9. The van der Waals surface area contributed by atoms with Crippen molar-refractivity contribution >= 4 is 15.8 Å². The van der Waals surface area contributed by atoms with Crippen molar-refractivity contribution in [2.24, 2.45) is 5.92 Å². The first-order chi connectivity index (χ1) is 10.6. The largest absolute Gasteiger partial charge is 0.379 e. The van der Waals surface area contributed by atoms with Gasteiger partial charge >= 0.3 is 0 Å². The van der Waals surface area contributed by atoms with Gasteiger partial charge in [-0.15, -0.1) is 0 Å². The Kier molecular flexibility index (Phi) is 4.65. The molecule has 122 valence electrons. The van der Waals surface area contributed by atoms with E-state index < -0.39 is 10.0 Å². The number of aromatic nitrogens is 1. The van der Waals surface area contributed by atoms with Gasteiger partial charge < -0.3 is 9.64 Å². The first kappa shape index (κ1) is 15.7. The Balaban J connectivity index is 1.73. The van der Waals surface area contributed by atoms with Gasteiger partial charge in [0.05, 0.1) is 13.2 Å². The summed E-state index contributed by atoms with van der Waals surface area (Å²) in [6.07, 6.45) is 3.81. The Morgan fingerprint density at radius 3 is 2.41 bits per heavy atom. The van der Waals surface area contributed by atoms with Gasteiger partial charge in [-0.1, -0.05) is 6.92 Å². The number of morpholine rings is 1. The van der Waals surface area contributed by atoms with E-state index >= 15 is 0 Å². The van der Waals surface area contributed by atoms with Crippen LogP contribution in [0, 0.1) is 5.92 Å². The van der Waals surface area contributed by atoms with E-state index in [-0.39, 0.29) is 4.90 Å². The van der Waals surface area contributed by atoms with E-state index in [1.165, 1.54) is 10.5 Å². The monoisotopic (exact) mass is 325 g/mol. The van der Waals surface area contributed by atoms with Crippen LogP contribution in [0.15, 0.2) is 23.2 Å². The SMILES string of the molecule is CC1CCN(c2ccc(S(=O)(=O)N3CCOCC3)cn2)CC1. The van der Waals surface area contributed by atoms with Gasteiger partial charge in [-0.2, -0.15) is 4.31 Å². The standard InChI is InChI=1S/C15H23N3O3S/c1-13-4-6-17(7-5-13)15-3-2-14(12-16-15)22(19,20)18-8-10-21-11-9-18/h2-3,12-13H,4-11H2,1H3. The fraction of sp³-hybridized carbons (Fsp3) is 0.667. The van der Waals surface area contributed by atoms with Crippen LogP contribution in [-0.4, -0.2) is 57.1 Å². The lowest BCUT2D eigenvalue weighted by molar-refractivity contribution is 0.0730. The van der Waals surface area contributed by atoms with Crippen LogP contribution in [0.1, 0.15) is 19.8 Å². The summed E-state index contributed by atoms with van der Waals surface area (Å²) >= 11 is 0. The lowest BCUT2D eigenvalue weighted by atomic mass is 9.99. The third-order valence-electron chi connectivity index (χ3n) is 4.44. The first-order valence-electron chi connectivity index (χ1n) is 7.86.